The number of likely N-dealkylation sites (tertiary alicyclic amines) is 2. The molecule has 2 fully saturated rings. The molecule has 150 valence electrons. The van der Waals surface area contributed by atoms with Crippen LogP contribution in [0.4, 0.5) is 0 Å². The van der Waals surface area contributed by atoms with Gasteiger partial charge in [0.05, 0.1) is 6.54 Å². The SMILES string of the molecule is O=C(CN1CCC(C2CC=CCN(Cc3ccccc3)C2=O)CC1)N1CCC1. The Morgan fingerprint density at radius 1 is 1.00 bits per heavy atom. The summed E-state index contributed by atoms with van der Waals surface area (Å²) >= 11 is 0. The maximum absolute atomic E-state index is 13.3. The molecule has 3 heterocycles. The topological polar surface area (TPSA) is 43.9 Å². The van der Waals surface area contributed by atoms with Crippen LogP contribution in [0.2, 0.25) is 0 Å². The first-order valence-electron chi connectivity index (χ1n) is 10.7. The summed E-state index contributed by atoms with van der Waals surface area (Å²) in [4.78, 5) is 31.7. The Morgan fingerprint density at radius 3 is 2.43 bits per heavy atom. The van der Waals surface area contributed by atoms with E-state index in [-0.39, 0.29) is 11.8 Å². The van der Waals surface area contributed by atoms with Crippen LogP contribution >= 0.6 is 0 Å². The number of nitrogens with zero attached hydrogens (tertiary/aromatic N) is 3. The minimum atomic E-state index is 0.0793. The molecular weight excluding hydrogens is 350 g/mol. The second-order valence-electron chi connectivity index (χ2n) is 8.37. The van der Waals surface area contributed by atoms with E-state index in [1.54, 1.807) is 0 Å². The van der Waals surface area contributed by atoms with Gasteiger partial charge in [-0.05, 0) is 50.3 Å². The average molecular weight is 382 g/mol. The van der Waals surface area contributed by atoms with Crippen molar-refractivity contribution in [3.63, 3.8) is 0 Å². The summed E-state index contributed by atoms with van der Waals surface area (Å²) < 4.78 is 0. The number of hydrogen-bond acceptors (Lipinski definition) is 3. The van der Waals surface area contributed by atoms with Crippen LogP contribution in [0.1, 0.15) is 31.2 Å². The van der Waals surface area contributed by atoms with Crippen LogP contribution in [-0.4, -0.2) is 65.8 Å². The first-order chi connectivity index (χ1) is 13.7. The van der Waals surface area contributed by atoms with Crippen molar-refractivity contribution in [2.75, 3.05) is 39.3 Å². The first-order valence-corrected chi connectivity index (χ1v) is 10.7. The lowest BCUT2D eigenvalue weighted by Crippen LogP contribution is -2.49. The largest absolute Gasteiger partial charge is 0.341 e. The van der Waals surface area contributed by atoms with Gasteiger partial charge in [0.15, 0.2) is 0 Å². The standard InChI is InChI=1S/C23H31N3O2/c27-22(25-13-6-14-25)18-24-15-10-20(11-16-24)21-9-4-5-12-26(23(21)28)17-19-7-2-1-3-8-19/h1-5,7-8,20-21H,6,9-18H2. The van der Waals surface area contributed by atoms with Crippen molar-refractivity contribution in [2.45, 2.75) is 32.2 Å². The maximum atomic E-state index is 13.3. The van der Waals surface area contributed by atoms with E-state index in [1.807, 2.05) is 28.0 Å². The molecule has 2 saturated heterocycles. The monoisotopic (exact) mass is 381 g/mol. The summed E-state index contributed by atoms with van der Waals surface area (Å²) in [6.45, 7) is 5.64. The molecule has 1 atom stereocenters. The third kappa shape index (κ3) is 4.46. The Labute approximate surface area is 168 Å². The smallest absolute Gasteiger partial charge is 0.236 e. The van der Waals surface area contributed by atoms with Gasteiger partial charge in [-0.3, -0.25) is 14.5 Å². The molecule has 0 aliphatic carbocycles. The van der Waals surface area contributed by atoms with Gasteiger partial charge in [-0.2, -0.15) is 0 Å². The predicted octanol–water partition coefficient (Wildman–Crippen LogP) is 2.54. The van der Waals surface area contributed by atoms with Crippen LogP contribution in [-0.2, 0) is 16.1 Å². The lowest BCUT2D eigenvalue weighted by atomic mass is 9.81. The zero-order valence-corrected chi connectivity index (χ0v) is 16.6. The molecule has 4 rings (SSSR count). The fourth-order valence-electron chi connectivity index (χ4n) is 4.58. The lowest BCUT2D eigenvalue weighted by Gasteiger charge is -2.38. The number of allylic oxidation sites excluding steroid dienone is 1. The van der Waals surface area contributed by atoms with Crippen molar-refractivity contribution >= 4 is 11.8 Å². The van der Waals surface area contributed by atoms with Gasteiger partial charge in [-0.25, -0.2) is 0 Å². The van der Waals surface area contributed by atoms with E-state index in [1.165, 1.54) is 5.56 Å². The Morgan fingerprint density at radius 2 is 1.75 bits per heavy atom. The lowest BCUT2D eigenvalue weighted by molar-refractivity contribution is -0.139. The number of piperidine rings is 1. The fraction of sp³-hybridized carbons (Fsp3) is 0.565. The van der Waals surface area contributed by atoms with Gasteiger partial charge in [0, 0.05) is 32.1 Å². The number of carbonyl (C=O) groups is 2. The summed E-state index contributed by atoms with van der Waals surface area (Å²) in [6.07, 6.45) is 8.34. The normalized spacial score (nSPS) is 24.1. The zero-order valence-electron chi connectivity index (χ0n) is 16.6. The number of amides is 2. The van der Waals surface area contributed by atoms with E-state index in [0.29, 0.717) is 31.5 Å². The summed E-state index contributed by atoms with van der Waals surface area (Å²) in [5.74, 6) is 1.07. The minimum Gasteiger partial charge on any atom is -0.341 e. The highest BCUT2D eigenvalue weighted by atomic mass is 16.2. The Bertz CT molecular complexity index is 706. The fourth-order valence-corrected chi connectivity index (χ4v) is 4.58. The maximum Gasteiger partial charge on any atom is 0.236 e. The van der Waals surface area contributed by atoms with Gasteiger partial charge in [-0.15, -0.1) is 0 Å². The van der Waals surface area contributed by atoms with Crippen LogP contribution in [0.15, 0.2) is 42.5 Å². The van der Waals surface area contributed by atoms with E-state index >= 15 is 0 Å². The highest BCUT2D eigenvalue weighted by molar-refractivity contribution is 5.80. The number of hydrogen-bond donors (Lipinski definition) is 0. The molecule has 1 aromatic carbocycles. The molecule has 3 aliphatic rings. The highest BCUT2D eigenvalue weighted by Crippen LogP contribution is 2.31. The van der Waals surface area contributed by atoms with Gasteiger partial charge >= 0.3 is 0 Å². The van der Waals surface area contributed by atoms with Gasteiger partial charge in [0.25, 0.3) is 0 Å². The van der Waals surface area contributed by atoms with Crippen LogP contribution in [0, 0.1) is 11.8 Å². The molecule has 2 amide bonds. The summed E-state index contributed by atoms with van der Waals surface area (Å²) in [5.41, 5.74) is 1.18. The zero-order chi connectivity index (χ0) is 19.3. The van der Waals surface area contributed by atoms with Crippen LogP contribution in [0.3, 0.4) is 0 Å². The Kier molecular flexibility index (Phi) is 6.10. The molecule has 3 aliphatic heterocycles. The van der Waals surface area contributed by atoms with E-state index in [4.69, 9.17) is 0 Å². The predicted molar refractivity (Wildman–Crippen MR) is 109 cm³/mol. The van der Waals surface area contributed by atoms with Crippen LogP contribution in [0.5, 0.6) is 0 Å². The second-order valence-corrected chi connectivity index (χ2v) is 8.37. The van der Waals surface area contributed by atoms with Crippen LogP contribution in [0.25, 0.3) is 0 Å². The first kappa shape index (κ1) is 19.2. The Hall–Kier alpha value is -2.14. The molecule has 28 heavy (non-hydrogen) atoms. The van der Waals surface area contributed by atoms with Gasteiger partial charge in [0.1, 0.15) is 0 Å². The summed E-state index contributed by atoms with van der Waals surface area (Å²) in [5, 5.41) is 0. The van der Waals surface area contributed by atoms with E-state index in [0.717, 1.165) is 51.9 Å². The van der Waals surface area contributed by atoms with E-state index < -0.39 is 0 Å². The second kappa shape index (κ2) is 8.91. The van der Waals surface area contributed by atoms with Crippen molar-refractivity contribution < 1.29 is 9.59 Å². The molecule has 5 heteroatoms. The molecule has 5 nitrogen and oxygen atoms in total. The van der Waals surface area contributed by atoms with E-state index in [9.17, 15) is 9.59 Å². The molecule has 0 bridgehead atoms. The quantitative estimate of drug-likeness (QED) is 0.736. The summed E-state index contributed by atoms with van der Waals surface area (Å²) in [7, 11) is 0. The highest BCUT2D eigenvalue weighted by Gasteiger charge is 2.34. The molecule has 0 spiro atoms. The third-order valence-electron chi connectivity index (χ3n) is 6.50. The minimum absolute atomic E-state index is 0.0793. The van der Waals surface area contributed by atoms with Crippen molar-refractivity contribution in [3.05, 3.63) is 48.0 Å². The third-order valence-corrected chi connectivity index (χ3v) is 6.50. The number of benzene rings is 1. The van der Waals surface area contributed by atoms with Gasteiger partial charge in [0.2, 0.25) is 11.8 Å². The molecule has 0 N–H and O–H groups in total. The van der Waals surface area contributed by atoms with Crippen molar-refractivity contribution in [3.8, 4) is 0 Å². The van der Waals surface area contributed by atoms with Gasteiger partial charge in [-0.1, -0.05) is 42.5 Å². The number of carbonyl (C=O) groups excluding carboxylic acids is 2. The van der Waals surface area contributed by atoms with Crippen molar-refractivity contribution in [1.82, 2.24) is 14.7 Å². The average Bonchev–Trinajstić information content (AvgIpc) is 2.84. The molecule has 1 aromatic rings. The van der Waals surface area contributed by atoms with Crippen molar-refractivity contribution in [2.24, 2.45) is 11.8 Å². The number of rotatable bonds is 5. The summed E-state index contributed by atoms with van der Waals surface area (Å²) in [6, 6.07) is 10.2. The molecule has 0 aromatic heterocycles. The van der Waals surface area contributed by atoms with Gasteiger partial charge < -0.3 is 9.80 Å². The van der Waals surface area contributed by atoms with Crippen molar-refractivity contribution in [1.29, 1.82) is 0 Å². The molecule has 0 saturated carbocycles. The van der Waals surface area contributed by atoms with Crippen LogP contribution < -0.4 is 0 Å². The molecule has 1 unspecified atom stereocenters. The molecular formula is C23H31N3O2. The Balaban J connectivity index is 1.32. The van der Waals surface area contributed by atoms with E-state index in [2.05, 4.69) is 29.2 Å². The molecule has 0 radical (unpaired) electrons.